The zero-order chi connectivity index (χ0) is 16.8. The van der Waals surface area contributed by atoms with Crippen LogP contribution in [0.3, 0.4) is 0 Å². The van der Waals surface area contributed by atoms with E-state index in [1.165, 1.54) is 11.8 Å². The molecule has 0 saturated heterocycles. The Morgan fingerprint density at radius 3 is 2.83 bits per heavy atom. The second kappa shape index (κ2) is 8.01. The number of nitrogens with one attached hydrogen (secondary N) is 1. The number of methoxy groups -OCH3 is 1. The van der Waals surface area contributed by atoms with E-state index in [-0.39, 0.29) is 11.9 Å². The van der Waals surface area contributed by atoms with Crippen molar-refractivity contribution in [3.05, 3.63) is 24.3 Å². The summed E-state index contributed by atoms with van der Waals surface area (Å²) in [5, 5.41) is 12.0. The summed E-state index contributed by atoms with van der Waals surface area (Å²) in [6, 6.07) is 7.85. The molecule has 2 aromatic rings. The number of hydrogen-bond donors (Lipinski definition) is 1. The summed E-state index contributed by atoms with van der Waals surface area (Å²) in [5.41, 5.74) is 0.876. The van der Waals surface area contributed by atoms with E-state index in [0.717, 1.165) is 17.7 Å². The lowest BCUT2D eigenvalue weighted by Crippen LogP contribution is -2.33. The summed E-state index contributed by atoms with van der Waals surface area (Å²) >= 11 is 1.37. The Hall–Kier alpha value is -2.02. The Bertz CT molecular complexity index is 672. The highest BCUT2D eigenvalue weighted by molar-refractivity contribution is 7.99. The molecule has 0 spiro atoms. The van der Waals surface area contributed by atoms with Gasteiger partial charge >= 0.3 is 0 Å². The van der Waals surface area contributed by atoms with E-state index in [2.05, 4.69) is 15.5 Å². The molecule has 23 heavy (non-hydrogen) atoms. The maximum absolute atomic E-state index is 11.9. The first-order chi connectivity index (χ1) is 11.1. The van der Waals surface area contributed by atoms with Crippen molar-refractivity contribution in [2.75, 3.05) is 12.9 Å². The third-order valence-electron chi connectivity index (χ3n) is 3.53. The van der Waals surface area contributed by atoms with Crippen LogP contribution in [0.1, 0.15) is 20.3 Å². The number of benzene rings is 1. The van der Waals surface area contributed by atoms with E-state index in [4.69, 9.17) is 4.74 Å². The van der Waals surface area contributed by atoms with Crippen molar-refractivity contribution >= 4 is 17.7 Å². The third-order valence-corrected chi connectivity index (χ3v) is 4.56. The van der Waals surface area contributed by atoms with Crippen molar-refractivity contribution in [2.45, 2.75) is 31.5 Å². The van der Waals surface area contributed by atoms with Crippen molar-refractivity contribution < 1.29 is 9.53 Å². The van der Waals surface area contributed by atoms with Crippen LogP contribution in [0.4, 0.5) is 0 Å². The van der Waals surface area contributed by atoms with Gasteiger partial charge in [0.15, 0.2) is 11.0 Å². The minimum absolute atomic E-state index is 0.00573. The maximum Gasteiger partial charge on any atom is 0.230 e. The third kappa shape index (κ3) is 4.25. The maximum atomic E-state index is 11.9. The molecule has 0 unspecified atom stereocenters. The molecule has 0 fully saturated rings. The molecule has 7 heteroatoms. The average molecular weight is 334 g/mol. The second-order valence-electron chi connectivity index (χ2n) is 5.23. The van der Waals surface area contributed by atoms with Gasteiger partial charge in [-0.3, -0.25) is 4.79 Å². The number of hydrogen-bond acceptors (Lipinski definition) is 5. The molecule has 1 heterocycles. The smallest absolute Gasteiger partial charge is 0.230 e. The van der Waals surface area contributed by atoms with Crippen molar-refractivity contribution in [1.82, 2.24) is 20.1 Å². The van der Waals surface area contributed by atoms with Gasteiger partial charge < -0.3 is 14.6 Å². The Balaban J connectivity index is 2.09. The highest BCUT2D eigenvalue weighted by atomic mass is 32.2. The van der Waals surface area contributed by atoms with Gasteiger partial charge in [0, 0.05) is 13.1 Å². The normalized spacial score (nSPS) is 12.0. The number of ether oxygens (including phenoxy) is 1. The summed E-state index contributed by atoms with van der Waals surface area (Å²) in [4.78, 5) is 11.9. The largest absolute Gasteiger partial charge is 0.496 e. The van der Waals surface area contributed by atoms with Crippen LogP contribution in [0.15, 0.2) is 29.4 Å². The fourth-order valence-corrected chi connectivity index (χ4v) is 2.78. The fraction of sp³-hybridized carbons (Fsp3) is 0.438. The van der Waals surface area contributed by atoms with Crippen LogP contribution < -0.4 is 10.1 Å². The number of carbonyl (C=O) groups is 1. The van der Waals surface area contributed by atoms with E-state index in [0.29, 0.717) is 16.7 Å². The Kier molecular flexibility index (Phi) is 6.04. The van der Waals surface area contributed by atoms with Crippen molar-refractivity contribution in [3.8, 4) is 17.1 Å². The number of carbonyl (C=O) groups excluding carboxylic acids is 1. The lowest BCUT2D eigenvalue weighted by molar-refractivity contribution is -0.119. The summed E-state index contributed by atoms with van der Waals surface area (Å²) in [7, 11) is 3.51. The highest BCUT2D eigenvalue weighted by Gasteiger charge is 2.16. The van der Waals surface area contributed by atoms with Crippen LogP contribution in [-0.2, 0) is 11.8 Å². The van der Waals surface area contributed by atoms with Crippen molar-refractivity contribution in [2.24, 2.45) is 7.05 Å². The zero-order valence-electron chi connectivity index (χ0n) is 13.9. The lowest BCUT2D eigenvalue weighted by Gasteiger charge is -2.11. The average Bonchev–Trinajstić information content (AvgIpc) is 2.93. The van der Waals surface area contributed by atoms with Gasteiger partial charge in [-0.25, -0.2) is 0 Å². The van der Waals surface area contributed by atoms with Gasteiger partial charge in [0.05, 0.1) is 18.4 Å². The summed E-state index contributed by atoms with van der Waals surface area (Å²) < 4.78 is 7.24. The van der Waals surface area contributed by atoms with Crippen LogP contribution in [0.25, 0.3) is 11.4 Å². The van der Waals surface area contributed by atoms with E-state index >= 15 is 0 Å². The molecular formula is C16H22N4O2S. The molecule has 0 aliphatic carbocycles. The molecule has 0 aliphatic heterocycles. The number of para-hydroxylation sites is 1. The molecule has 1 amide bonds. The minimum atomic E-state index is 0.00573. The van der Waals surface area contributed by atoms with Crippen molar-refractivity contribution in [1.29, 1.82) is 0 Å². The van der Waals surface area contributed by atoms with Crippen LogP contribution >= 0.6 is 11.8 Å². The molecule has 0 saturated carbocycles. The van der Waals surface area contributed by atoms with E-state index in [1.807, 2.05) is 49.7 Å². The van der Waals surface area contributed by atoms with E-state index < -0.39 is 0 Å². The monoisotopic (exact) mass is 334 g/mol. The van der Waals surface area contributed by atoms with Crippen LogP contribution in [0.2, 0.25) is 0 Å². The first-order valence-corrected chi connectivity index (χ1v) is 8.50. The zero-order valence-corrected chi connectivity index (χ0v) is 14.7. The first kappa shape index (κ1) is 17.3. The molecule has 2 rings (SSSR count). The molecule has 1 aromatic carbocycles. The highest BCUT2D eigenvalue weighted by Crippen LogP contribution is 2.29. The molecule has 0 aliphatic rings. The van der Waals surface area contributed by atoms with Gasteiger partial charge in [-0.15, -0.1) is 10.2 Å². The predicted octanol–water partition coefficient (Wildman–Crippen LogP) is 2.50. The van der Waals surface area contributed by atoms with Gasteiger partial charge in [-0.05, 0) is 25.5 Å². The van der Waals surface area contributed by atoms with Gasteiger partial charge in [-0.2, -0.15) is 0 Å². The SMILES string of the molecule is CC[C@H](C)NC(=O)CSc1nnc(-c2ccccc2OC)n1C. The number of rotatable bonds is 7. The topological polar surface area (TPSA) is 69.0 Å². The molecule has 1 aromatic heterocycles. The van der Waals surface area contributed by atoms with Crippen LogP contribution in [0.5, 0.6) is 5.75 Å². The Morgan fingerprint density at radius 1 is 1.39 bits per heavy atom. The quantitative estimate of drug-likeness (QED) is 0.788. The van der Waals surface area contributed by atoms with Crippen LogP contribution in [-0.4, -0.2) is 39.6 Å². The number of amides is 1. The Morgan fingerprint density at radius 2 is 2.13 bits per heavy atom. The van der Waals surface area contributed by atoms with Gasteiger partial charge in [0.2, 0.25) is 5.91 Å². The van der Waals surface area contributed by atoms with Crippen molar-refractivity contribution in [3.63, 3.8) is 0 Å². The molecule has 0 bridgehead atoms. The van der Waals surface area contributed by atoms with E-state index in [1.54, 1.807) is 7.11 Å². The molecule has 124 valence electrons. The molecule has 6 nitrogen and oxygen atoms in total. The molecule has 1 N–H and O–H groups in total. The second-order valence-corrected chi connectivity index (χ2v) is 6.17. The number of aromatic nitrogens is 3. The Labute approximate surface area is 140 Å². The van der Waals surface area contributed by atoms with Gasteiger partial charge in [0.1, 0.15) is 5.75 Å². The van der Waals surface area contributed by atoms with Gasteiger partial charge in [-0.1, -0.05) is 30.8 Å². The van der Waals surface area contributed by atoms with Crippen LogP contribution in [0, 0.1) is 0 Å². The molecular weight excluding hydrogens is 312 g/mol. The standard InChI is InChI=1S/C16H22N4O2S/c1-5-11(2)17-14(21)10-23-16-19-18-15(20(16)3)12-8-6-7-9-13(12)22-4/h6-9,11H,5,10H2,1-4H3,(H,17,21)/t11-/m0/s1. The summed E-state index contributed by atoms with van der Waals surface area (Å²) in [6.45, 7) is 4.03. The molecule has 1 atom stereocenters. The van der Waals surface area contributed by atoms with Gasteiger partial charge in [0.25, 0.3) is 0 Å². The number of nitrogens with zero attached hydrogens (tertiary/aromatic N) is 3. The van der Waals surface area contributed by atoms with E-state index in [9.17, 15) is 4.79 Å². The predicted molar refractivity (Wildman–Crippen MR) is 91.6 cm³/mol. The number of thioether (sulfide) groups is 1. The molecule has 0 radical (unpaired) electrons. The lowest BCUT2D eigenvalue weighted by atomic mass is 10.2. The summed E-state index contributed by atoms with van der Waals surface area (Å²) in [5.74, 6) is 1.79. The minimum Gasteiger partial charge on any atom is -0.496 e. The summed E-state index contributed by atoms with van der Waals surface area (Å²) in [6.07, 6.45) is 0.915. The first-order valence-electron chi connectivity index (χ1n) is 7.51. The fourth-order valence-electron chi connectivity index (χ4n) is 2.05.